The predicted octanol–water partition coefficient (Wildman–Crippen LogP) is 3.72. The zero-order chi connectivity index (χ0) is 21.4. The molecule has 2 aromatic heterocycles. The summed E-state index contributed by atoms with van der Waals surface area (Å²) in [5.41, 5.74) is 5.54. The summed E-state index contributed by atoms with van der Waals surface area (Å²) in [5, 5.41) is 11.4. The standard InChI is InChI=1S/C17H14F2N4O3S.C2H6/c18-9-2-1-3-10(19)13(9)17-23-14(15(20)27-17)16(25)22-11-8-21-5-4-12(11)26-7-6-24;1-2/h1-5,8,24H,6-7,20H2,(H,22,25);1-2H3. The first-order valence-corrected chi connectivity index (χ1v) is 9.52. The minimum atomic E-state index is -0.803. The first kappa shape index (κ1) is 22.2. The molecule has 0 fully saturated rings. The summed E-state index contributed by atoms with van der Waals surface area (Å²) in [4.78, 5) is 20.4. The monoisotopic (exact) mass is 422 g/mol. The molecule has 0 spiro atoms. The topological polar surface area (TPSA) is 110 Å². The van der Waals surface area contributed by atoms with Crippen LogP contribution in [0.3, 0.4) is 0 Å². The van der Waals surface area contributed by atoms with Crippen molar-refractivity contribution < 1.29 is 23.4 Å². The molecule has 0 saturated carbocycles. The van der Waals surface area contributed by atoms with Gasteiger partial charge in [0.1, 0.15) is 39.7 Å². The number of hydrogen-bond acceptors (Lipinski definition) is 7. The van der Waals surface area contributed by atoms with Crippen molar-refractivity contribution in [3.63, 3.8) is 0 Å². The molecule has 0 bridgehead atoms. The summed E-state index contributed by atoms with van der Waals surface area (Å²) in [5.74, 6) is -2.00. The van der Waals surface area contributed by atoms with Crippen molar-refractivity contribution in [1.29, 1.82) is 0 Å². The Hall–Kier alpha value is -3.11. The van der Waals surface area contributed by atoms with Gasteiger partial charge < -0.3 is 20.9 Å². The van der Waals surface area contributed by atoms with Gasteiger partial charge >= 0.3 is 0 Å². The van der Waals surface area contributed by atoms with Crippen molar-refractivity contribution in [3.05, 3.63) is 54.0 Å². The van der Waals surface area contributed by atoms with E-state index in [0.29, 0.717) is 5.75 Å². The first-order chi connectivity index (χ1) is 14.0. The molecule has 4 N–H and O–H groups in total. The number of aliphatic hydroxyl groups excluding tert-OH is 1. The summed E-state index contributed by atoms with van der Waals surface area (Å²) in [6, 6.07) is 4.93. The molecule has 10 heteroatoms. The minimum absolute atomic E-state index is 0.00636. The number of nitrogen functional groups attached to an aromatic ring is 1. The van der Waals surface area contributed by atoms with Crippen LogP contribution in [0.2, 0.25) is 0 Å². The Bertz CT molecular complexity index is 962. The van der Waals surface area contributed by atoms with Crippen LogP contribution in [0.4, 0.5) is 19.5 Å². The predicted molar refractivity (Wildman–Crippen MR) is 108 cm³/mol. The normalized spacial score (nSPS) is 10.1. The van der Waals surface area contributed by atoms with Crippen molar-refractivity contribution in [3.8, 4) is 16.3 Å². The van der Waals surface area contributed by atoms with Gasteiger partial charge in [-0.3, -0.25) is 9.78 Å². The number of halogens is 2. The van der Waals surface area contributed by atoms with Crippen LogP contribution < -0.4 is 15.8 Å². The van der Waals surface area contributed by atoms with Gasteiger partial charge in [-0.05, 0) is 12.1 Å². The second kappa shape index (κ2) is 10.4. The van der Waals surface area contributed by atoms with Gasteiger partial charge in [-0.1, -0.05) is 31.3 Å². The van der Waals surface area contributed by atoms with Gasteiger partial charge in [0.25, 0.3) is 5.91 Å². The number of aromatic nitrogens is 2. The molecule has 0 aliphatic rings. The molecule has 1 aromatic carbocycles. The number of hydrogen-bond donors (Lipinski definition) is 3. The third-order valence-corrected chi connectivity index (χ3v) is 4.33. The number of amides is 1. The van der Waals surface area contributed by atoms with E-state index in [1.54, 1.807) is 0 Å². The van der Waals surface area contributed by atoms with E-state index in [1.165, 1.54) is 24.5 Å². The number of carbonyl (C=O) groups is 1. The summed E-state index contributed by atoms with van der Waals surface area (Å²) in [6.45, 7) is 3.83. The average Bonchev–Trinajstić information content (AvgIpc) is 3.10. The highest BCUT2D eigenvalue weighted by Gasteiger charge is 2.22. The van der Waals surface area contributed by atoms with Gasteiger partial charge in [-0.15, -0.1) is 0 Å². The largest absolute Gasteiger partial charge is 0.489 e. The molecule has 2 heterocycles. The number of aliphatic hydroxyl groups is 1. The fourth-order valence-corrected chi connectivity index (χ4v) is 3.12. The lowest BCUT2D eigenvalue weighted by atomic mass is 10.2. The highest BCUT2D eigenvalue weighted by molar-refractivity contribution is 7.19. The second-order valence-electron chi connectivity index (χ2n) is 5.23. The number of rotatable bonds is 6. The summed E-state index contributed by atoms with van der Waals surface area (Å²) in [7, 11) is 0. The van der Waals surface area contributed by atoms with Crippen molar-refractivity contribution in [2.45, 2.75) is 13.8 Å². The van der Waals surface area contributed by atoms with E-state index in [-0.39, 0.29) is 40.2 Å². The number of nitrogens with two attached hydrogens (primary N) is 1. The van der Waals surface area contributed by atoms with Gasteiger partial charge in [0.15, 0.2) is 5.69 Å². The number of nitrogens with zero attached hydrogens (tertiary/aromatic N) is 2. The maximum Gasteiger partial charge on any atom is 0.277 e. The quantitative estimate of drug-likeness (QED) is 0.559. The van der Waals surface area contributed by atoms with Crippen molar-refractivity contribution in [1.82, 2.24) is 9.97 Å². The Morgan fingerprint density at radius 3 is 2.62 bits per heavy atom. The van der Waals surface area contributed by atoms with E-state index >= 15 is 0 Å². The number of thiazole rings is 1. The molecule has 0 unspecified atom stereocenters. The maximum absolute atomic E-state index is 13.9. The molecule has 29 heavy (non-hydrogen) atoms. The third-order valence-electron chi connectivity index (χ3n) is 3.42. The highest BCUT2D eigenvalue weighted by atomic mass is 32.1. The fourth-order valence-electron chi connectivity index (χ4n) is 2.24. The molecule has 3 aromatic rings. The Balaban J connectivity index is 0.00000145. The molecule has 0 aliphatic carbocycles. The van der Waals surface area contributed by atoms with E-state index in [4.69, 9.17) is 15.6 Å². The number of nitrogens with one attached hydrogen (secondary N) is 1. The van der Waals surface area contributed by atoms with Crippen LogP contribution in [0.1, 0.15) is 24.3 Å². The first-order valence-electron chi connectivity index (χ1n) is 8.71. The molecule has 0 saturated heterocycles. The molecule has 7 nitrogen and oxygen atoms in total. The molecule has 0 aliphatic heterocycles. The molecule has 0 radical (unpaired) electrons. The Morgan fingerprint density at radius 2 is 1.97 bits per heavy atom. The molecule has 0 atom stereocenters. The van der Waals surface area contributed by atoms with Gasteiger partial charge in [0.05, 0.1) is 18.4 Å². The van der Waals surface area contributed by atoms with Gasteiger partial charge in [-0.25, -0.2) is 13.8 Å². The lowest BCUT2D eigenvalue weighted by molar-refractivity contribution is 0.102. The SMILES string of the molecule is CC.Nc1sc(-c2c(F)cccc2F)nc1C(=O)Nc1cnccc1OCCO. The zero-order valence-corrected chi connectivity index (χ0v) is 16.6. The zero-order valence-electron chi connectivity index (χ0n) is 15.8. The van der Waals surface area contributed by atoms with Crippen LogP contribution in [0, 0.1) is 11.6 Å². The van der Waals surface area contributed by atoms with Gasteiger partial charge in [0.2, 0.25) is 0 Å². The third kappa shape index (κ3) is 5.24. The van der Waals surface area contributed by atoms with Crippen LogP contribution in [0.15, 0.2) is 36.7 Å². The highest BCUT2D eigenvalue weighted by Crippen LogP contribution is 2.34. The lowest BCUT2D eigenvalue weighted by Crippen LogP contribution is -2.15. The number of benzene rings is 1. The molecule has 1 amide bonds. The summed E-state index contributed by atoms with van der Waals surface area (Å²) >= 11 is 0.799. The smallest absolute Gasteiger partial charge is 0.277 e. The van der Waals surface area contributed by atoms with E-state index in [2.05, 4.69) is 15.3 Å². The van der Waals surface area contributed by atoms with Crippen molar-refractivity contribution >= 4 is 27.9 Å². The van der Waals surface area contributed by atoms with Crippen LogP contribution >= 0.6 is 11.3 Å². The Kier molecular flexibility index (Phi) is 7.98. The Labute approximate surface area is 170 Å². The van der Waals surface area contributed by atoms with Crippen LogP contribution in [0.5, 0.6) is 5.75 Å². The lowest BCUT2D eigenvalue weighted by Gasteiger charge is -2.10. The van der Waals surface area contributed by atoms with Crippen LogP contribution in [0.25, 0.3) is 10.6 Å². The number of ether oxygens (including phenoxy) is 1. The van der Waals surface area contributed by atoms with Crippen molar-refractivity contribution in [2.75, 3.05) is 24.3 Å². The van der Waals surface area contributed by atoms with Gasteiger partial charge in [0, 0.05) is 12.3 Å². The molecular formula is C19H20F2N4O3S. The molecule has 3 rings (SSSR count). The van der Waals surface area contributed by atoms with Gasteiger partial charge in [-0.2, -0.15) is 0 Å². The van der Waals surface area contributed by atoms with Crippen molar-refractivity contribution in [2.24, 2.45) is 0 Å². The Morgan fingerprint density at radius 1 is 1.28 bits per heavy atom. The van der Waals surface area contributed by atoms with E-state index in [0.717, 1.165) is 23.5 Å². The van der Waals surface area contributed by atoms with Crippen LogP contribution in [-0.4, -0.2) is 34.2 Å². The van der Waals surface area contributed by atoms with E-state index in [9.17, 15) is 13.6 Å². The fraction of sp³-hybridized carbons (Fsp3) is 0.211. The number of pyridine rings is 1. The average molecular weight is 422 g/mol. The van der Waals surface area contributed by atoms with E-state index in [1.807, 2.05) is 13.8 Å². The summed E-state index contributed by atoms with van der Waals surface area (Å²) in [6.07, 6.45) is 2.81. The maximum atomic E-state index is 13.9. The number of anilines is 2. The molecular weight excluding hydrogens is 402 g/mol. The summed E-state index contributed by atoms with van der Waals surface area (Å²) < 4.78 is 33.2. The second-order valence-corrected chi connectivity index (χ2v) is 6.26. The minimum Gasteiger partial charge on any atom is -0.489 e. The van der Waals surface area contributed by atoms with Crippen LogP contribution in [-0.2, 0) is 0 Å². The number of carbonyl (C=O) groups excluding carboxylic acids is 1. The van der Waals surface area contributed by atoms with E-state index < -0.39 is 17.5 Å². The molecule has 154 valence electrons.